The van der Waals surface area contributed by atoms with E-state index in [0.29, 0.717) is 26.4 Å². The summed E-state index contributed by atoms with van der Waals surface area (Å²) in [6.07, 6.45) is 1.79. The van der Waals surface area contributed by atoms with Crippen molar-refractivity contribution < 1.29 is 14.3 Å². The minimum absolute atomic E-state index is 0.0287. The lowest BCUT2D eigenvalue weighted by Gasteiger charge is -2.24. The summed E-state index contributed by atoms with van der Waals surface area (Å²) in [4.78, 5) is 31.6. The van der Waals surface area contributed by atoms with Gasteiger partial charge < -0.3 is 9.47 Å². The fraction of sp³-hybridized carbons (Fsp3) is 0.231. The number of nitrogens with zero attached hydrogens (tertiary/aromatic N) is 3. The summed E-state index contributed by atoms with van der Waals surface area (Å²) in [5.74, 6) is 0.103. The topological polar surface area (TPSA) is 93.7 Å². The van der Waals surface area contributed by atoms with Gasteiger partial charge in [-0.15, -0.1) is 0 Å². The van der Waals surface area contributed by atoms with Gasteiger partial charge in [0.25, 0.3) is 5.56 Å². The Bertz CT molecular complexity index is 1470. The summed E-state index contributed by atoms with van der Waals surface area (Å²) in [7, 11) is 0. The molecule has 4 rings (SSSR count). The molecule has 1 aromatic heterocycles. The van der Waals surface area contributed by atoms with Crippen molar-refractivity contribution >= 4 is 23.4 Å². The van der Waals surface area contributed by atoms with Crippen molar-refractivity contribution in [1.29, 1.82) is 5.26 Å². The van der Waals surface area contributed by atoms with E-state index in [9.17, 15) is 9.59 Å². The zero-order chi connectivity index (χ0) is 24.2. The van der Waals surface area contributed by atoms with Crippen LogP contribution in [-0.4, -0.2) is 23.8 Å². The van der Waals surface area contributed by atoms with Gasteiger partial charge in [0, 0.05) is 0 Å². The molecule has 0 N–H and O–H groups in total. The fourth-order valence-corrected chi connectivity index (χ4v) is 4.83. The van der Waals surface area contributed by atoms with E-state index in [1.165, 1.54) is 11.3 Å². The summed E-state index contributed by atoms with van der Waals surface area (Å²) < 4.78 is 12.7. The second-order valence-electron chi connectivity index (χ2n) is 7.73. The van der Waals surface area contributed by atoms with Crippen molar-refractivity contribution in [3.05, 3.63) is 96.2 Å². The third-order valence-corrected chi connectivity index (χ3v) is 6.37. The van der Waals surface area contributed by atoms with Gasteiger partial charge in [-0.3, -0.25) is 9.36 Å². The highest BCUT2D eigenvalue weighted by Gasteiger charge is 2.33. The number of hydrogen-bond acceptors (Lipinski definition) is 7. The average Bonchev–Trinajstić information content (AvgIpc) is 3.12. The number of carbonyl (C=O) groups is 1. The largest absolute Gasteiger partial charge is 0.479 e. The Kier molecular flexibility index (Phi) is 6.75. The first kappa shape index (κ1) is 23.2. The van der Waals surface area contributed by atoms with Gasteiger partial charge in [0.15, 0.2) is 11.4 Å². The molecule has 0 saturated heterocycles. The summed E-state index contributed by atoms with van der Waals surface area (Å²) in [6.45, 7) is 5.71. The van der Waals surface area contributed by atoms with Crippen molar-refractivity contribution in [2.75, 3.05) is 13.2 Å². The van der Waals surface area contributed by atoms with Crippen LogP contribution < -0.4 is 19.6 Å². The molecule has 0 bridgehead atoms. The summed E-state index contributed by atoms with van der Waals surface area (Å²) in [5, 5.41) is 8.65. The molecule has 1 aliphatic heterocycles. The van der Waals surface area contributed by atoms with Crippen LogP contribution in [0.3, 0.4) is 0 Å². The van der Waals surface area contributed by atoms with E-state index in [-0.39, 0.29) is 18.8 Å². The van der Waals surface area contributed by atoms with E-state index in [4.69, 9.17) is 14.7 Å². The maximum atomic E-state index is 13.6. The Morgan fingerprint density at radius 1 is 1.18 bits per heavy atom. The summed E-state index contributed by atoms with van der Waals surface area (Å²) in [5.41, 5.74) is 3.38. The zero-order valence-electron chi connectivity index (χ0n) is 19.1. The number of rotatable bonds is 6. The van der Waals surface area contributed by atoms with Crippen LogP contribution in [0.15, 0.2) is 69.6 Å². The van der Waals surface area contributed by atoms with Crippen LogP contribution >= 0.6 is 11.3 Å². The van der Waals surface area contributed by atoms with Crippen LogP contribution in [0.2, 0.25) is 0 Å². The van der Waals surface area contributed by atoms with E-state index in [0.717, 1.165) is 16.7 Å². The van der Waals surface area contributed by atoms with Crippen LogP contribution in [0.25, 0.3) is 6.08 Å². The molecular formula is C26H23N3O4S. The highest BCUT2D eigenvalue weighted by Crippen LogP contribution is 2.30. The SMILES string of the molecule is CCOC(=O)C1=C(C)N=c2s/c(=C/c3ccc(OCC#N)cc3)c(=O)n2[C@@H]1c1ccc(C)cc1. The molecule has 0 saturated carbocycles. The van der Waals surface area contributed by atoms with Crippen LogP contribution in [0.5, 0.6) is 5.75 Å². The maximum Gasteiger partial charge on any atom is 0.338 e. The molecule has 7 nitrogen and oxygen atoms in total. The third kappa shape index (κ3) is 4.56. The van der Waals surface area contributed by atoms with E-state index in [1.807, 2.05) is 49.4 Å². The number of hydrogen-bond donors (Lipinski definition) is 0. The van der Waals surface area contributed by atoms with E-state index in [1.54, 1.807) is 36.6 Å². The highest BCUT2D eigenvalue weighted by molar-refractivity contribution is 7.07. The summed E-state index contributed by atoms with van der Waals surface area (Å²) >= 11 is 1.27. The number of aryl methyl sites for hydroxylation is 1. The first-order chi connectivity index (χ1) is 16.4. The molecule has 0 fully saturated rings. The van der Waals surface area contributed by atoms with Crippen molar-refractivity contribution in [2.45, 2.75) is 26.8 Å². The third-order valence-electron chi connectivity index (χ3n) is 5.39. The molecule has 3 aromatic rings. The number of ether oxygens (including phenoxy) is 2. The molecule has 1 atom stereocenters. The van der Waals surface area contributed by atoms with Gasteiger partial charge in [-0.25, -0.2) is 9.79 Å². The zero-order valence-corrected chi connectivity index (χ0v) is 19.9. The normalized spacial score (nSPS) is 15.4. The first-order valence-corrected chi connectivity index (χ1v) is 11.6. The molecule has 0 spiro atoms. The maximum absolute atomic E-state index is 13.6. The monoisotopic (exact) mass is 473 g/mol. The molecule has 2 aromatic carbocycles. The molecule has 0 unspecified atom stereocenters. The molecule has 8 heteroatoms. The number of aromatic nitrogens is 1. The first-order valence-electron chi connectivity index (χ1n) is 10.8. The Morgan fingerprint density at radius 2 is 1.88 bits per heavy atom. The van der Waals surface area contributed by atoms with Crippen molar-refractivity contribution in [3.8, 4) is 11.8 Å². The predicted octanol–water partition coefficient (Wildman–Crippen LogP) is 3.01. The molecular weight excluding hydrogens is 450 g/mol. The highest BCUT2D eigenvalue weighted by atomic mass is 32.1. The molecule has 34 heavy (non-hydrogen) atoms. The number of thiazole rings is 1. The number of allylic oxidation sites excluding steroid dienone is 1. The number of esters is 1. The number of nitriles is 1. The Hall–Kier alpha value is -3.96. The van der Waals surface area contributed by atoms with Crippen molar-refractivity contribution in [1.82, 2.24) is 4.57 Å². The minimum Gasteiger partial charge on any atom is -0.479 e. The van der Waals surface area contributed by atoms with Crippen molar-refractivity contribution in [3.63, 3.8) is 0 Å². The van der Waals surface area contributed by atoms with Gasteiger partial charge in [0.05, 0.1) is 28.5 Å². The smallest absolute Gasteiger partial charge is 0.338 e. The van der Waals surface area contributed by atoms with Gasteiger partial charge in [0.2, 0.25) is 0 Å². The molecule has 0 amide bonds. The van der Waals surface area contributed by atoms with E-state index >= 15 is 0 Å². The standard InChI is InChI=1S/C26H23N3O4S/c1-4-32-25(31)22-17(3)28-26-29(23(22)19-9-5-16(2)6-10-19)24(30)21(34-26)15-18-7-11-20(12-8-18)33-14-13-27/h5-12,15,23H,4,14H2,1-3H3/b21-15+/t23-/m1/s1. The number of benzene rings is 2. The fourth-order valence-electron chi connectivity index (χ4n) is 3.78. The second-order valence-corrected chi connectivity index (χ2v) is 8.74. The van der Waals surface area contributed by atoms with Crippen LogP contribution in [0.4, 0.5) is 0 Å². The van der Waals surface area contributed by atoms with Gasteiger partial charge in [-0.1, -0.05) is 53.3 Å². The quantitative estimate of drug-likeness (QED) is 0.513. The molecule has 1 aliphatic rings. The second kappa shape index (κ2) is 9.89. The van der Waals surface area contributed by atoms with Crippen LogP contribution in [0, 0.1) is 18.3 Å². The average molecular weight is 474 g/mol. The van der Waals surface area contributed by atoms with E-state index in [2.05, 4.69) is 4.99 Å². The Morgan fingerprint density at radius 3 is 2.53 bits per heavy atom. The molecule has 0 radical (unpaired) electrons. The lowest BCUT2D eigenvalue weighted by atomic mass is 9.95. The van der Waals surface area contributed by atoms with E-state index < -0.39 is 12.0 Å². The number of carbonyl (C=O) groups excluding carboxylic acids is 1. The van der Waals surface area contributed by atoms with Gasteiger partial charge >= 0.3 is 5.97 Å². The van der Waals surface area contributed by atoms with Gasteiger partial charge in [0.1, 0.15) is 11.8 Å². The van der Waals surface area contributed by atoms with Crippen LogP contribution in [-0.2, 0) is 9.53 Å². The lowest BCUT2D eigenvalue weighted by molar-refractivity contribution is -0.139. The van der Waals surface area contributed by atoms with Crippen molar-refractivity contribution in [2.24, 2.45) is 4.99 Å². The summed E-state index contributed by atoms with van der Waals surface area (Å²) in [6, 6.07) is 16.2. The van der Waals surface area contributed by atoms with Gasteiger partial charge in [-0.2, -0.15) is 5.26 Å². The minimum atomic E-state index is -0.625. The lowest BCUT2D eigenvalue weighted by Crippen LogP contribution is -2.39. The Balaban J connectivity index is 1.84. The van der Waals surface area contributed by atoms with Crippen LogP contribution in [0.1, 0.15) is 36.6 Å². The number of fused-ring (bicyclic) bond motifs is 1. The Labute approximate surface area is 200 Å². The predicted molar refractivity (Wildman–Crippen MR) is 129 cm³/mol. The molecule has 2 heterocycles. The van der Waals surface area contributed by atoms with Gasteiger partial charge in [-0.05, 0) is 50.1 Å². The molecule has 172 valence electrons. The molecule has 0 aliphatic carbocycles.